The van der Waals surface area contributed by atoms with Crippen LogP contribution in [0.15, 0.2) is 52.2 Å². The minimum Gasteiger partial charge on any atom is -0.294 e. The smallest absolute Gasteiger partial charge is 0.283 e. The van der Waals surface area contributed by atoms with Gasteiger partial charge in [0.25, 0.3) is 11.1 Å². The quantitative estimate of drug-likeness (QED) is 0.546. The minimum atomic E-state index is -0.389. The van der Waals surface area contributed by atoms with Crippen LogP contribution in [0.1, 0.15) is 39.5 Å². The molecule has 1 aliphatic carbocycles. The normalized spacial score (nSPS) is 16.2. The number of aryl methyl sites for hydroxylation is 1. The molecule has 3 heterocycles. The van der Waals surface area contributed by atoms with E-state index in [-0.39, 0.29) is 28.8 Å². The highest BCUT2D eigenvalue weighted by Gasteiger charge is 2.30. The second kappa shape index (κ2) is 6.37. The molecule has 8 nitrogen and oxygen atoms in total. The lowest BCUT2D eigenvalue weighted by Crippen LogP contribution is -2.24. The lowest BCUT2D eigenvalue weighted by Gasteiger charge is -2.23. The van der Waals surface area contributed by atoms with Crippen molar-refractivity contribution >= 4 is 16.8 Å². The third kappa shape index (κ3) is 2.80. The number of pyridine rings is 1. The van der Waals surface area contributed by atoms with E-state index >= 15 is 0 Å². The van der Waals surface area contributed by atoms with Gasteiger partial charge in [0.2, 0.25) is 5.95 Å². The van der Waals surface area contributed by atoms with Gasteiger partial charge in [-0.3, -0.25) is 24.5 Å². The number of carbonyl (C=O) groups excluding carboxylic acids is 1. The number of nitrogens with one attached hydrogen (secondary N) is 2. The molecule has 29 heavy (non-hydrogen) atoms. The molecule has 2 N–H and O–H groups in total. The molecule has 144 valence electrons. The standard InChI is InChI=1S/C21H17N5O3/c1-11-7-17(28)24-21(23-11)26-20(29)18-14-8-13(12-5-3-2-4-6-12)9-16(27)15(14)10-22-19(18)25-26/h2-7,10,13H,8-9H2,1H3,(H,22,25)(H,23,24,28)/t13-/m0/s1. The van der Waals surface area contributed by atoms with Crippen molar-refractivity contribution in [2.75, 3.05) is 0 Å². The Hall–Kier alpha value is -3.81. The number of carbonyl (C=O) groups is 1. The molecule has 0 amide bonds. The van der Waals surface area contributed by atoms with Crippen LogP contribution in [-0.2, 0) is 6.42 Å². The van der Waals surface area contributed by atoms with Gasteiger partial charge in [-0.1, -0.05) is 30.3 Å². The Morgan fingerprint density at radius 2 is 1.90 bits per heavy atom. The van der Waals surface area contributed by atoms with Crippen molar-refractivity contribution in [1.82, 2.24) is 24.7 Å². The van der Waals surface area contributed by atoms with Crippen LogP contribution in [0.25, 0.3) is 17.0 Å². The van der Waals surface area contributed by atoms with Crippen LogP contribution in [-0.4, -0.2) is 30.5 Å². The van der Waals surface area contributed by atoms with Crippen molar-refractivity contribution in [1.29, 1.82) is 0 Å². The van der Waals surface area contributed by atoms with E-state index in [0.717, 1.165) is 5.56 Å². The molecule has 0 unspecified atom stereocenters. The lowest BCUT2D eigenvalue weighted by atomic mass is 9.79. The minimum absolute atomic E-state index is 0.00134. The van der Waals surface area contributed by atoms with Gasteiger partial charge in [0.1, 0.15) is 0 Å². The second-order valence-electron chi connectivity index (χ2n) is 7.28. The number of hydrogen-bond donors (Lipinski definition) is 2. The summed E-state index contributed by atoms with van der Waals surface area (Å²) in [5, 5.41) is 3.26. The van der Waals surface area contributed by atoms with E-state index in [1.165, 1.54) is 16.9 Å². The maximum absolute atomic E-state index is 13.2. The molecule has 0 bridgehead atoms. The Bertz CT molecular complexity index is 1380. The first-order valence-electron chi connectivity index (χ1n) is 9.30. The number of aromatic amines is 2. The van der Waals surface area contributed by atoms with Gasteiger partial charge in [0.15, 0.2) is 11.4 Å². The Balaban J connectivity index is 1.71. The monoisotopic (exact) mass is 387 g/mol. The van der Waals surface area contributed by atoms with E-state index in [0.29, 0.717) is 40.7 Å². The number of aromatic nitrogens is 5. The number of benzene rings is 1. The third-order valence-corrected chi connectivity index (χ3v) is 5.34. The number of ketones is 1. The van der Waals surface area contributed by atoms with Gasteiger partial charge in [-0.15, -0.1) is 0 Å². The van der Waals surface area contributed by atoms with Crippen LogP contribution in [0, 0.1) is 6.92 Å². The zero-order valence-electron chi connectivity index (χ0n) is 15.6. The molecule has 5 rings (SSSR count). The fourth-order valence-corrected chi connectivity index (χ4v) is 4.02. The molecule has 0 aliphatic heterocycles. The van der Waals surface area contributed by atoms with Crippen LogP contribution in [0.2, 0.25) is 0 Å². The molecule has 3 aromatic heterocycles. The number of fused-ring (bicyclic) bond motifs is 3. The number of Topliss-reactive ketones (excluding diaryl/α,β-unsaturated/α-hetero) is 1. The summed E-state index contributed by atoms with van der Waals surface area (Å²) in [6.07, 6.45) is 2.47. The number of rotatable bonds is 2. The van der Waals surface area contributed by atoms with Crippen molar-refractivity contribution in [2.24, 2.45) is 0 Å². The molecule has 0 fully saturated rings. The van der Waals surface area contributed by atoms with Crippen LogP contribution < -0.4 is 11.1 Å². The van der Waals surface area contributed by atoms with Crippen molar-refractivity contribution in [3.63, 3.8) is 0 Å². The first-order chi connectivity index (χ1) is 14.0. The summed E-state index contributed by atoms with van der Waals surface area (Å²) >= 11 is 0. The maximum Gasteiger partial charge on any atom is 0.283 e. The average molecular weight is 387 g/mol. The van der Waals surface area contributed by atoms with E-state index < -0.39 is 0 Å². The highest BCUT2D eigenvalue weighted by molar-refractivity contribution is 6.02. The fraction of sp³-hybridized carbons (Fsp3) is 0.190. The molecule has 1 aliphatic rings. The molecule has 1 aromatic carbocycles. The number of nitrogens with zero attached hydrogens (tertiary/aromatic N) is 3. The zero-order valence-corrected chi connectivity index (χ0v) is 15.6. The summed E-state index contributed by atoms with van der Waals surface area (Å²) < 4.78 is 1.17. The summed E-state index contributed by atoms with van der Waals surface area (Å²) in [5.41, 5.74) is 2.35. The molecular formula is C21H17N5O3. The van der Waals surface area contributed by atoms with Gasteiger partial charge in [-0.25, -0.2) is 9.97 Å². The Labute approximate surface area is 164 Å². The van der Waals surface area contributed by atoms with Crippen molar-refractivity contribution < 1.29 is 4.79 Å². The summed E-state index contributed by atoms with van der Waals surface area (Å²) in [7, 11) is 0. The summed E-state index contributed by atoms with van der Waals surface area (Å²) in [6.45, 7) is 1.68. The van der Waals surface area contributed by atoms with E-state index in [4.69, 9.17) is 0 Å². The van der Waals surface area contributed by atoms with Gasteiger partial charge >= 0.3 is 0 Å². The maximum atomic E-state index is 13.2. The van der Waals surface area contributed by atoms with Crippen molar-refractivity contribution in [2.45, 2.75) is 25.7 Å². The summed E-state index contributed by atoms with van der Waals surface area (Å²) in [4.78, 5) is 48.8. The molecule has 0 spiro atoms. The third-order valence-electron chi connectivity index (χ3n) is 5.34. The van der Waals surface area contributed by atoms with Gasteiger partial charge in [-0.05, 0) is 30.4 Å². The predicted molar refractivity (Wildman–Crippen MR) is 107 cm³/mol. The van der Waals surface area contributed by atoms with E-state index in [9.17, 15) is 14.4 Å². The Kier molecular flexibility index (Phi) is 3.80. The highest BCUT2D eigenvalue weighted by atomic mass is 16.1. The van der Waals surface area contributed by atoms with Gasteiger partial charge < -0.3 is 0 Å². The van der Waals surface area contributed by atoms with E-state index in [1.807, 2.05) is 30.3 Å². The summed E-state index contributed by atoms with van der Waals surface area (Å²) in [6, 6.07) is 11.2. The summed E-state index contributed by atoms with van der Waals surface area (Å²) in [5.74, 6) is 0.0682. The number of H-pyrrole nitrogens is 2. The van der Waals surface area contributed by atoms with Crippen LogP contribution in [0.4, 0.5) is 0 Å². The SMILES string of the molecule is Cc1cc(=O)[nH]c(-n2[nH]c3ncc4c(c3c2=O)C[C@H](c2ccccc2)CC4=O)n1. The lowest BCUT2D eigenvalue weighted by molar-refractivity contribution is 0.0964. The van der Waals surface area contributed by atoms with Crippen molar-refractivity contribution in [3.8, 4) is 5.95 Å². The van der Waals surface area contributed by atoms with Gasteiger partial charge in [0.05, 0.1) is 5.39 Å². The van der Waals surface area contributed by atoms with E-state index in [1.54, 1.807) is 6.92 Å². The highest BCUT2D eigenvalue weighted by Crippen LogP contribution is 2.34. The molecule has 0 saturated heterocycles. The molecule has 4 aromatic rings. The second-order valence-corrected chi connectivity index (χ2v) is 7.28. The molecule has 0 saturated carbocycles. The molecular weight excluding hydrogens is 370 g/mol. The van der Waals surface area contributed by atoms with Gasteiger partial charge in [0, 0.05) is 29.9 Å². The molecule has 8 heteroatoms. The topological polar surface area (TPSA) is 113 Å². The van der Waals surface area contributed by atoms with Crippen LogP contribution in [0.3, 0.4) is 0 Å². The first kappa shape index (κ1) is 17.3. The largest absolute Gasteiger partial charge is 0.294 e. The van der Waals surface area contributed by atoms with Gasteiger partial charge in [-0.2, -0.15) is 4.68 Å². The first-order valence-corrected chi connectivity index (χ1v) is 9.30. The van der Waals surface area contributed by atoms with Crippen LogP contribution in [0.5, 0.6) is 0 Å². The zero-order chi connectivity index (χ0) is 20.1. The van der Waals surface area contributed by atoms with Crippen molar-refractivity contribution in [3.05, 3.63) is 85.7 Å². The van der Waals surface area contributed by atoms with Crippen LogP contribution >= 0.6 is 0 Å². The fourth-order valence-electron chi connectivity index (χ4n) is 4.02. The Morgan fingerprint density at radius 1 is 1.10 bits per heavy atom. The Morgan fingerprint density at radius 3 is 2.66 bits per heavy atom. The predicted octanol–water partition coefficient (Wildman–Crippen LogP) is 2.02. The molecule has 0 radical (unpaired) electrons. The average Bonchev–Trinajstić information content (AvgIpc) is 3.05. The van der Waals surface area contributed by atoms with E-state index in [2.05, 4.69) is 20.1 Å². The number of hydrogen-bond acceptors (Lipinski definition) is 5. The molecule has 1 atom stereocenters.